The Labute approximate surface area is 89.9 Å². The average molecular weight is 236 g/mol. The van der Waals surface area contributed by atoms with Crippen LogP contribution in [0.4, 0.5) is 0 Å². The zero-order valence-corrected chi connectivity index (χ0v) is 8.81. The molecule has 0 aliphatic heterocycles. The standard InChI is InChI=1S/C8H10ClNO3S/c9-6-2-4(1-5(12)3-11)7(14-6)8(10)13/h2,5,11-12H,1,3H2,(H2,10,13)/t5-/m0/s1. The summed E-state index contributed by atoms with van der Waals surface area (Å²) in [6, 6.07) is 1.57. The van der Waals surface area contributed by atoms with E-state index in [0.717, 1.165) is 11.3 Å². The molecule has 0 saturated carbocycles. The number of amides is 1. The number of primary amides is 1. The van der Waals surface area contributed by atoms with E-state index in [1.165, 1.54) is 0 Å². The van der Waals surface area contributed by atoms with E-state index >= 15 is 0 Å². The van der Waals surface area contributed by atoms with Crippen LogP contribution < -0.4 is 5.73 Å². The van der Waals surface area contributed by atoms with E-state index in [-0.39, 0.29) is 13.0 Å². The first-order valence-electron chi connectivity index (χ1n) is 3.91. The highest BCUT2D eigenvalue weighted by molar-refractivity contribution is 7.18. The normalized spacial score (nSPS) is 12.8. The molecule has 6 heteroatoms. The summed E-state index contributed by atoms with van der Waals surface area (Å²) >= 11 is 6.78. The lowest BCUT2D eigenvalue weighted by atomic mass is 10.1. The second-order valence-electron chi connectivity index (χ2n) is 2.81. The lowest BCUT2D eigenvalue weighted by Crippen LogP contribution is -2.18. The van der Waals surface area contributed by atoms with Gasteiger partial charge in [-0.15, -0.1) is 11.3 Å². The Bertz CT molecular complexity index is 339. The molecule has 1 amide bonds. The molecule has 0 radical (unpaired) electrons. The van der Waals surface area contributed by atoms with Gasteiger partial charge in [-0.05, 0) is 11.6 Å². The minimum Gasteiger partial charge on any atom is -0.394 e. The fraction of sp³-hybridized carbons (Fsp3) is 0.375. The maximum Gasteiger partial charge on any atom is 0.259 e. The molecule has 14 heavy (non-hydrogen) atoms. The van der Waals surface area contributed by atoms with Crippen molar-refractivity contribution in [1.29, 1.82) is 0 Å². The van der Waals surface area contributed by atoms with E-state index in [4.69, 9.17) is 22.4 Å². The number of thiophene rings is 1. The second kappa shape index (κ2) is 4.75. The maximum atomic E-state index is 10.9. The molecular weight excluding hydrogens is 226 g/mol. The van der Waals surface area contributed by atoms with Crippen LogP contribution in [0.2, 0.25) is 4.34 Å². The number of carbonyl (C=O) groups excluding carboxylic acids is 1. The first-order valence-corrected chi connectivity index (χ1v) is 5.11. The van der Waals surface area contributed by atoms with E-state index < -0.39 is 12.0 Å². The number of aliphatic hydroxyl groups is 2. The lowest BCUT2D eigenvalue weighted by Gasteiger charge is -2.05. The molecule has 4 nitrogen and oxygen atoms in total. The summed E-state index contributed by atoms with van der Waals surface area (Å²) < 4.78 is 0.443. The number of rotatable bonds is 4. The van der Waals surface area contributed by atoms with Gasteiger partial charge in [0.25, 0.3) is 5.91 Å². The van der Waals surface area contributed by atoms with Crippen molar-refractivity contribution in [2.75, 3.05) is 6.61 Å². The summed E-state index contributed by atoms with van der Waals surface area (Å²) in [7, 11) is 0. The molecule has 0 aliphatic rings. The topological polar surface area (TPSA) is 83.6 Å². The van der Waals surface area contributed by atoms with E-state index in [0.29, 0.717) is 14.8 Å². The summed E-state index contributed by atoms with van der Waals surface area (Å²) in [5, 5.41) is 17.8. The predicted octanol–water partition coefficient (Wildman–Crippen LogP) is 0.396. The summed E-state index contributed by atoms with van der Waals surface area (Å²) in [6.45, 7) is -0.355. The fourth-order valence-corrected chi connectivity index (χ4v) is 2.21. The van der Waals surface area contributed by atoms with Crippen molar-refractivity contribution in [1.82, 2.24) is 0 Å². The van der Waals surface area contributed by atoms with Gasteiger partial charge in [-0.3, -0.25) is 4.79 Å². The van der Waals surface area contributed by atoms with E-state index in [1.807, 2.05) is 0 Å². The Morgan fingerprint density at radius 2 is 2.36 bits per heavy atom. The van der Waals surface area contributed by atoms with Crippen LogP contribution in [-0.2, 0) is 6.42 Å². The summed E-state index contributed by atoms with van der Waals surface area (Å²) in [6.07, 6.45) is -0.711. The molecule has 0 spiro atoms. The van der Waals surface area contributed by atoms with Gasteiger partial charge in [-0.2, -0.15) is 0 Å². The van der Waals surface area contributed by atoms with Crippen LogP contribution in [0.1, 0.15) is 15.2 Å². The van der Waals surface area contributed by atoms with Crippen molar-refractivity contribution in [3.63, 3.8) is 0 Å². The van der Waals surface area contributed by atoms with Crippen LogP contribution in [0.3, 0.4) is 0 Å². The van der Waals surface area contributed by atoms with Gasteiger partial charge < -0.3 is 15.9 Å². The molecule has 4 N–H and O–H groups in total. The molecule has 1 rings (SSSR count). The average Bonchev–Trinajstić information content (AvgIpc) is 2.46. The Kier molecular flexibility index (Phi) is 3.88. The Balaban J connectivity index is 2.89. The van der Waals surface area contributed by atoms with Crippen LogP contribution in [0.5, 0.6) is 0 Å². The smallest absolute Gasteiger partial charge is 0.259 e. The maximum absolute atomic E-state index is 10.9. The van der Waals surface area contributed by atoms with E-state index in [1.54, 1.807) is 6.07 Å². The summed E-state index contributed by atoms with van der Waals surface area (Å²) in [5.74, 6) is -0.568. The Hall–Kier alpha value is -0.620. The van der Waals surface area contributed by atoms with Crippen LogP contribution in [0, 0.1) is 0 Å². The third-order valence-electron chi connectivity index (χ3n) is 1.67. The number of nitrogens with two attached hydrogens (primary N) is 1. The van der Waals surface area contributed by atoms with Gasteiger partial charge in [0.1, 0.15) is 0 Å². The minimum atomic E-state index is -0.890. The molecule has 0 bridgehead atoms. The largest absolute Gasteiger partial charge is 0.394 e. The molecule has 1 aromatic rings. The van der Waals surface area contributed by atoms with Gasteiger partial charge in [0.05, 0.1) is 21.9 Å². The number of hydrogen-bond donors (Lipinski definition) is 3. The van der Waals surface area contributed by atoms with E-state index in [9.17, 15) is 9.90 Å². The zero-order chi connectivity index (χ0) is 10.7. The second-order valence-corrected chi connectivity index (χ2v) is 4.49. The first kappa shape index (κ1) is 11.5. The number of aliphatic hydroxyl groups excluding tert-OH is 2. The van der Waals surface area contributed by atoms with Crippen LogP contribution in [0.15, 0.2) is 6.07 Å². The van der Waals surface area contributed by atoms with Crippen LogP contribution in [0.25, 0.3) is 0 Å². The monoisotopic (exact) mass is 235 g/mol. The van der Waals surface area contributed by atoms with Crippen LogP contribution >= 0.6 is 22.9 Å². The molecule has 0 unspecified atom stereocenters. The van der Waals surface area contributed by atoms with Gasteiger partial charge in [0.2, 0.25) is 0 Å². The molecule has 0 fully saturated rings. The molecule has 0 saturated heterocycles. The highest BCUT2D eigenvalue weighted by Gasteiger charge is 2.15. The Morgan fingerprint density at radius 3 is 2.86 bits per heavy atom. The van der Waals surface area contributed by atoms with Crippen LogP contribution in [-0.4, -0.2) is 28.8 Å². The van der Waals surface area contributed by atoms with Gasteiger partial charge >= 0.3 is 0 Å². The molecule has 1 heterocycles. The van der Waals surface area contributed by atoms with Gasteiger partial charge in [0.15, 0.2) is 0 Å². The molecule has 78 valence electrons. The van der Waals surface area contributed by atoms with Gasteiger partial charge in [-0.1, -0.05) is 11.6 Å². The number of hydrogen-bond acceptors (Lipinski definition) is 4. The SMILES string of the molecule is NC(=O)c1sc(Cl)cc1C[C@H](O)CO. The van der Waals surface area contributed by atoms with Crippen molar-refractivity contribution in [3.05, 3.63) is 20.8 Å². The molecule has 1 aromatic heterocycles. The molecule has 0 aromatic carbocycles. The van der Waals surface area contributed by atoms with Gasteiger partial charge in [0, 0.05) is 6.42 Å². The highest BCUT2D eigenvalue weighted by atomic mass is 35.5. The first-order chi connectivity index (χ1) is 6.54. The molecule has 0 aliphatic carbocycles. The van der Waals surface area contributed by atoms with Crippen molar-refractivity contribution in [3.8, 4) is 0 Å². The van der Waals surface area contributed by atoms with E-state index in [2.05, 4.69) is 0 Å². The predicted molar refractivity (Wildman–Crippen MR) is 54.6 cm³/mol. The third kappa shape index (κ3) is 2.68. The quantitative estimate of drug-likeness (QED) is 0.706. The minimum absolute atomic E-state index is 0.179. The highest BCUT2D eigenvalue weighted by Crippen LogP contribution is 2.27. The lowest BCUT2D eigenvalue weighted by molar-refractivity contribution is 0.0943. The Morgan fingerprint density at radius 1 is 1.71 bits per heavy atom. The van der Waals surface area contributed by atoms with Crippen molar-refractivity contribution < 1.29 is 15.0 Å². The summed E-state index contributed by atoms with van der Waals surface area (Å²) in [4.78, 5) is 11.3. The third-order valence-corrected chi connectivity index (χ3v) is 2.99. The number of halogens is 1. The van der Waals surface area contributed by atoms with Gasteiger partial charge in [-0.25, -0.2) is 0 Å². The number of carbonyl (C=O) groups is 1. The molecule has 1 atom stereocenters. The van der Waals surface area contributed by atoms with Crippen molar-refractivity contribution in [2.24, 2.45) is 5.73 Å². The zero-order valence-electron chi connectivity index (χ0n) is 7.24. The fourth-order valence-electron chi connectivity index (χ4n) is 1.07. The summed E-state index contributed by atoms with van der Waals surface area (Å²) in [5.41, 5.74) is 5.69. The van der Waals surface area contributed by atoms with Crippen molar-refractivity contribution >= 4 is 28.8 Å². The molecular formula is C8H10ClNO3S. The van der Waals surface area contributed by atoms with Crippen molar-refractivity contribution in [2.45, 2.75) is 12.5 Å².